The highest BCUT2D eigenvalue weighted by molar-refractivity contribution is 5.96. The van der Waals surface area contributed by atoms with E-state index in [1.165, 1.54) is 0 Å². The third-order valence-corrected chi connectivity index (χ3v) is 5.75. The summed E-state index contributed by atoms with van der Waals surface area (Å²) in [6, 6.07) is 7.10. The van der Waals surface area contributed by atoms with E-state index in [2.05, 4.69) is 12.2 Å². The first-order valence-electron chi connectivity index (χ1n) is 8.85. The molecule has 0 bridgehead atoms. The Kier molecular flexibility index (Phi) is 5.27. The lowest BCUT2D eigenvalue weighted by Gasteiger charge is -2.38. The molecule has 0 aromatic heterocycles. The molecule has 25 heavy (non-hydrogen) atoms. The quantitative estimate of drug-likeness (QED) is 0.903. The van der Waals surface area contributed by atoms with Gasteiger partial charge in [-0.2, -0.15) is 0 Å². The molecule has 2 heterocycles. The molecular weight excluding hydrogens is 320 g/mol. The van der Waals surface area contributed by atoms with Gasteiger partial charge in [0.05, 0.1) is 13.7 Å². The molecular formula is C19H26N2O4. The van der Waals surface area contributed by atoms with Crippen molar-refractivity contribution in [2.24, 2.45) is 5.41 Å². The zero-order chi connectivity index (χ0) is 17.9. The van der Waals surface area contributed by atoms with Crippen LogP contribution in [-0.2, 0) is 9.53 Å². The second-order valence-corrected chi connectivity index (χ2v) is 6.90. The summed E-state index contributed by atoms with van der Waals surface area (Å²) >= 11 is 0. The number of carbonyl (C=O) groups is 2. The fraction of sp³-hybridized carbons (Fsp3) is 0.579. The predicted octanol–water partition coefficient (Wildman–Crippen LogP) is 1.84. The van der Waals surface area contributed by atoms with Crippen LogP contribution >= 0.6 is 0 Å². The number of rotatable bonds is 4. The van der Waals surface area contributed by atoms with Crippen molar-refractivity contribution < 1.29 is 19.1 Å². The maximum atomic E-state index is 12.6. The highest BCUT2D eigenvalue weighted by Gasteiger charge is 2.46. The van der Waals surface area contributed by atoms with Crippen LogP contribution in [0.4, 0.5) is 0 Å². The van der Waals surface area contributed by atoms with Gasteiger partial charge in [0.1, 0.15) is 5.75 Å². The van der Waals surface area contributed by atoms with Gasteiger partial charge in [-0.25, -0.2) is 0 Å². The molecule has 6 nitrogen and oxygen atoms in total. The average molecular weight is 346 g/mol. The highest BCUT2D eigenvalue weighted by atomic mass is 16.5. The van der Waals surface area contributed by atoms with Crippen LogP contribution in [0.1, 0.15) is 36.5 Å². The fourth-order valence-corrected chi connectivity index (χ4v) is 3.99. The Morgan fingerprint density at radius 3 is 2.80 bits per heavy atom. The van der Waals surface area contributed by atoms with Gasteiger partial charge in [-0.3, -0.25) is 9.59 Å². The van der Waals surface area contributed by atoms with E-state index in [0.29, 0.717) is 11.3 Å². The molecule has 3 rings (SSSR count). The van der Waals surface area contributed by atoms with Gasteiger partial charge >= 0.3 is 0 Å². The lowest BCUT2D eigenvalue weighted by Crippen LogP contribution is -2.46. The average Bonchev–Trinajstić information content (AvgIpc) is 2.96. The zero-order valence-electron chi connectivity index (χ0n) is 14.9. The molecule has 2 fully saturated rings. The molecule has 1 spiro atoms. The molecule has 0 aliphatic carbocycles. The third-order valence-electron chi connectivity index (χ3n) is 5.75. The number of hydrogen-bond donors (Lipinski definition) is 1. The summed E-state index contributed by atoms with van der Waals surface area (Å²) in [4.78, 5) is 26.8. The van der Waals surface area contributed by atoms with Crippen molar-refractivity contribution in [3.63, 3.8) is 0 Å². The maximum Gasteiger partial charge on any atom is 0.251 e. The summed E-state index contributed by atoms with van der Waals surface area (Å²) in [7, 11) is 1.56. The molecule has 1 aromatic carbocycles. The summed E-state index contributed by atoms with van der Waals surface area (Å²) in [5.41, 5.74) is 0.674. The molecule has 6 heteroatoms. The second kappa shape index (κ2) is 7.44. The molecule has 1 N–H and O–H groups in total. The van der Waals surface area contributed by atoms with Crippen LogP contribution in [-0.4, -0.2) is 56.2 Å². The minimum absolute atomic E-state index is 0.0208. The van der Waals surface area contributed by atoms with Crippen molar-refractivity contribution in [2.75, 3.05) is 33.4 Å². The number of amides is 2. The van der Waals surface area contributed by atoms with Crippen molar-refractivity contribution in [1.29, 1.82) is 0 Å². The lowest BCUT2D eigenvalue weighted by atomic mass is 9.74. The summed E-state index contributed by atoms with van der Waals surface area (Å²) in [5.74, 6) is 0.334. The van der Waals surface area contributed by atoms with Crippen molar-refractivity contribution in [3.8, 4) is 5.75 Å². The number of carbonyl (C=O) groups excluding carboxylic acids is 2. The summed E-state index contributed by atoms with van der Waals surface area (Å²) in [6.45, 7) is 4.46. The monoisotopic (exact) mass is 346 g/mol. The molecule has 0 radical (unpaired) electrons. The summed E-state index contributed by atoms with van der Waals surface area (Å²) in [6.07, 6.45) is 3.04. The number of nitrogens with one attached hydrogen (secondary N) is 1. The van der Waals surface area contributed by atoms with E-state index in [9.17, 15) is 9.59 Å². The van der Waals surface area contributed by atoms with E-state index in [1.54, 1.807) is 31.4 Å². The normalized spacial score (nSPS) is 22.0. The molecule has 2 aliphatic rings. The first-order valence-corrected chi connectivity index (χ1v) is 8.85. The Morgan fingerprint density at radius 1 is 1.32 bits per heavy atom. The van der Waals surface area contributed by atoms with Gasteiger partial charge in [-0.05, 0) is 49.8 Å². The van der Waals surface area contributed by atoms with E-state index >= 15 is 0 Å². The van der Waals surface area contributed by atoms with Crippen LogP contribution in [0.3, 0.4) is 0 Å². The number of benzene rings is 1. The molecule has 136 valence electrons. The Morgan fingerprint density at radius 2 is 2.08 bits per heavy atom. The molecule has 2 aliphatic heterocycles. The van der Waals surface area contributed by atoms with Crippen LogP contribution in [0, 0.1) is 5.41 Å². The van der Waals surface area contributed by atoms with E-state index in [4.69, 9.17) is 9.47 Å². The van der Waals surface area contributed by atoms with Gasteiger partial charge < -0.3 is 19.7 Å². The smallest absolute Gasteiger partial charge is 0.251 e. The maximum absolute atomic E-state index is 12.6. The van der Waals surface area contributed by atoms with Crippen molar-refractivity contribution in [2.45, 2.75) is 32.2 Å². The third kappa shape index (κ3) is 3.63. The van der Waals surface area contributed by atoms with E-state index < -0.39 is 0 Å². The topological polar surface area (TPSA) is 67.9 Å². The molecule has 1 aromatic rings. The molecule has 1 unspecified atom stereocenters. The first-order chi connectivity index (χ1) is 12.1. The largest absolute Gasteiger partial charge is 0.497 e. The van der Waals surface area contributed by atoms with Crippen molar-refractivity contribution in [1.82, 2.24) is 10.2 Å². The number of hydrogen-bond acceptors (Lipinski definition) is 4. The van der Waals surface area contributed by atoms with Gasteiger partial charge in [-0.15, -0.1) is 0 Å². The van der Waals surface area contributed by atoms with Gasteiger partial charge in [0, 0.05) is 31.4 Å². The Bertz CT molecular complexity index is 640. The van der Waals surface area contributed by atoms with E-state index in [1.807, 2.05) is 4.90 Å². The predicted molar refractivity (Wildman–Crippen MR) is 93.6 cm³/mol. The Balaban J connectivity index is 1.56. The standard InChI is InChI=1S/C19H26N2O4/c1-14-19(7-10-25-11-8-19)6-9-21(14)17(22)13-20-18(23)15-4-3-5-16(12-15)24-2/h3-5,12,14H,6-11,13H2,1-2H3,(H,20,23). The number of ether oxygens (including phenoxy) is 2. The lowest BCUT2D eigenvalue weighted by molar-refractivity contribution is -0.132. The fourth-order valence-electron chi connectivity index (χ4n) is 3.99. The summed E-state index contributed by atoms with van der Waals surface area (Å²) in [5, 5.41) is 2.73. The SMILES string of the molecule is COc1cccc(C(=O)NCC(=O)N2CCC3(CCOCC3)C2C)c1. The highest BCUT2D eigenvalue weighted by Crippen LogP contribution is 2.44. The molecule has 2 amide bonds. The zero-order valence-corrected chi connectivity index (χ0v) is 14.9. The Hall–Kier alpha value is -2.08. The molecule has 1 atom stereocenters. The van der Waals surface area contributed by atoms with Gasteiger partial charge in [0.15, 0.2) is 0 Å². The van der Waals surface area contributed by atoms with E-state index in [-0.39, 0.29) is 29.8 Å². The second-order valence-electron chi connectivity index (χ2n) is 6.90. The minimum atomic E-state index is -0.264. The van der Waals surface area contributed by atoms with Gasteiger partial charge in [0.25, 0.3) is 5.91 Å². The van der Waals surface area contributed by atoms with Crippen LogP contribution in [0.5, 0.6) is 5.75 Å². The number of likely N-dealkylation sites (tertiary alicyclic amines) is 1. The molecule has 0 saturated carbocycles. The van der Waals surface area contributed by atoms with Crippen molar-refractivity contribution in [3.05, 3.63) is 29.8 Å². The van der Waals surface area contributed by atoms with E-state index in [0.717, 1.165) is 39.0 Å². The minimum Gasteiger partial charge on any atom is -0.497 e. The Labute approximate surface area is 148 Å². The first kappa shape index (κ1) is 17.7. The van der Waals surface area contributed by atoms with Gasteiger partial charge in [-0.1, -0.05) is 6.07 Å². The van der Waals surface area contributed by atoms with Crippen LogP contribution in [0.2, 0.25) is 0 Å². The van der Waals surface area contributed by atoms with Crippen molar-refractivity contribution >= 4 is 11.8 Å². The molecule has 2 saturated heterocycles. The van der Waals surface area contributed by atoms with Gasteiger partial charge in [0.2, 0.25) is 5.91 Å². The van der Waals surface area contributed by atoms with Crippen LogP contribution in [0.25, 0.3) is 0 Å². The number of methoxy groups -OCH3 is 1. The summed E-state index contributed by atoms with van der Waals surface area (Å²) < 4.78 is 10.6. The van der Waals surface area contributed by atoms with Crippen LogP contribution in [0.15, 0.2) is 24.3 Å². The number of nitrogens with zero attached hydrogens (tertiary/aromatic N) is 1. The van der Waals surface area contributed by atoms with Crippen LogP contribution < -0.4 is 10.1 Å².